The van der Waals surface area contributed by atoms with E-state index in [0.29, 0.717) is 0 Å². The zero-order chi connectivity index (χ0) is 14.6. The molecule has 4 fully saturated rings. The Hall–Kier alpha value is -0.830. The smallest absolute Gasteiger partial charge is 0.254 e. The van der Waals surface area contributed by atoms with Crippen LogP contribution in [0.1, 0.15) is 48.9 Å². The summed E-state index contributed by atoms with van der Waals surface area (Å²) in [6.45, 7) is 0. The van der Waals surface area contributed by atoms with Crippen molar-refractivity contribution in [1.29, 1.82) is 0 Å². The fourth-order valence-corrected chi connectivity index (χ4v) is 5.74. The van der Waals surface area contributed by atoms with Gasteiger partial charge in [-0.25, -0.2) is 0 Å². The monoisotopic (exact) mass is 347 g/mol. The van der Waals surface area contributed by atoms with Crippen molar-refractivity contribution >= 4 is 21.8 Å². The molecule has 4 bridgehead atoms. The van der Waals surface area contributed by atoms with Gasteiger partial charge in [-0.3, -0.25) is 4.79 Å². The van der Waals surface area contributed by atoms with E-state index in [2.05, 4.69) is 20.8 Å². The number of amides is 1. The quantitative estimate of drug-likeness (QED) is 0.771. The number of halogens is 1. The van der Waals surface area contributed by atoms with Crippen LogP contribution in [-0.4, -0.2) is 23.4 Å². The lowest BCUT2D eigenvalue weighted by molar-refractivity contribution is -0.0665. The number of hydrogen-bond acceptors (Lipinski definition) is 1. The molecule has 0 unspecified atom stereocenters. The standard InChI is InChI=1S/C18H22BrNO/c1-20(17(21)15-2-4-16(19)5-3-15)18-9-12-6-13(10-18)8-14(7-12)11-18/h2-5,12-14H,6-11H2,1H3. The molecule has 0 saturated heterocycles. The van der Waals surface area contributed by atoms with Crippen molar-refractivity contribution in [2.45, 2.75) is 44.1 Å². The largest absolute Gasteiger partial charge is 0.336 e. The number of rotatable bonds is 2. The van der Waals surface area contributed by atoms with E-state index in [1.807, 2.05) is 31.3 Å². The van der Waals surface area contributed by atoms with Gasteiger partial charge in [0.25, 0.3) is 5.91 Å². The van der Waals surface area contributed by atoms with Crippen LogP contribution in [0.4, 0.5) is 0 Å². The third-order valence-electron chi connectivity index (χ3n) is 6.11. The summed E-state index contributed by atoms with van der Waals surface area (Å²) in [6.07, 6.45) is 7.95. The Morgan fingerprint density at radius 1 is 1.05 bits per heavy atom. The van der Waals surface area contributed by atoms with Crippen molar-refractivity contribution in [3.63, 3.8) is 0 Å². The Balaban J connectivity index is 1.60. The number of nitrogens with zero attached hydrogens (tertiary/aromatic N) is 1. The summed E-state index contributed by atoms with van der Waals surface area (Å²) >= 11 is 3.44. The third kappa shape index (κ3) is 2.25. The van der Waals surface area contributed by atoms with Crippen LogP contribution in [0.2, 0.25) is 0 Å². The summed E-state index contributed by atoms with van der Waals surface area (Å²) in [7, 11) is 2.04. The van der Waals surface area contributed by atoms with Crippen molar-refractivity contribution in [2.75, 3.05) is 7.05 Å². The van der Waals surface area contributed by atoms with Crippen LogP contribution in [0, 0.1) is 17.8 Å². The predicted molar refractivity (Wildman–Crippen MR) is 87.1 cm³/mol. The van der Waals surface area contributed by atoms with E-state index in [1.54, 1.807) is 0 Å². The van der Waals surface area contributed by atoms with Crippen LogP contribution < -0.4 is 0 Å². The van der Waals surface area contributed by atoms with Crippen molar-refractivity contribution < 1.29 is 4.79 Å². The molecule has 1 aromatic carbocycles. The Morgan fingerprint density at radius 3 is 2.00 bits per heavy atom. The summed E-state index contributed by atoms with van der Waals surface area (Å²) in [5.74, 6) is 2.81. The Morgan fingerprint density at radius 2 is 1.52 bits per heavy atom. The van der Waals surface area contributed by atoms with Gasteiger partial charge in [-0.2, -0.15) is 0 Å². The van der Waals surface area contributed by atoms with Crippen LogP contribution in [0.5, 0.6) is 0 Å². The molecule has 0 radical (unpaired) electrons. The fourth-order valence-electron chi connectivity index (χ4n) is 5.48. The van der Waals surface area contributed by atoms with Gasteiger partial charge in [0.05, 0.1) is 0 Å². The molecule has 21 heavy (non-hydrogen) atoms. The van der Waals surface area contributed by atoms with E-state index >= 15 is 0 Å². The van der Waals surface area contributed by atoms with E-state index in [-0.39, 0.29) is 11.4 Å². The average Bonchev–Trinajstić information content (AvgIpc) is 2.45. The molecule has 0 aliphatic heterocycles. The first-order chi connectivity index (χ1) is 10.1. The molecule has 0 heterocycles. The number of carbonyl (C=O) groups is 1. The summed E-state index contributed by atoms with van der Waals surface area (Å²) < 4.78 is 1.02. The van der Waals surface area contributed by atoms with Gasteiger partial charge in [0.1, 0.15) is 0 Å². The van der Waals surface area contributed by atoms with Crippen LogP contribution >= 0.6 is 15.9 Å². The van der Waals surface area contributed by atoms with E-state index in [4.69, 9.17) is 0 Å². The molecule has 4 saturated carbocycles. The molecule has 0 N–H and O–H groups in total. The summed E-state index contributed by atoms with van der Waals surface area (Å²) in [6, 6.07) is 7.79. The first-order valence-corrected chi connectivity index (χ1v) is 8.89. The minimum atomic E-state index is 0.152. The van der Waals surface area contributed by atoms with E-state index in [1.165, 1.54) is 38.5 Å². The second kappa shape index (κ2) is 4.84. The fraction of sp³-hybridized carbons (Fsp3) is 0.611. The van der Waals surface area contributed by atoms with Gasteiger partial charge in [-0.05, 0) is 80.5 Å². The minimum Gasteiger partial charge on any atom is -0.336 e. The first kappa shape index (κ1) is 13.8. The molecule has 2 nitrogen and oxygen atoms in total. The molecular weight excluding hydrogens is 326 g/mol. The van der Waals surface area contributed by atoms with Crippen molar-refractivity contribution in [2.24, 2.45) is 17.8 Å². The van der Waals surface area contributed by atoms with Crippen LogP contribution in [0.15, 0.2) is 28.7 Å². The van der Waals surface area contributed by atoms with Gasteiger partial charge < -0.3 is 4.90 Å². The molecule has 1 amide bonds. The number of hydrogen-bond donors (Lipinski definition) is 0. The predicted octanol–water partition coefficient (Wildman–Crippen LogP) is 4.49. The van der Waals surface area contributed by atoms with Crippen molar-refractivity contribution in [1.82, 2.24) is 4.90 Å². The molecule has 0 aromatic heterocycles. The van der Waals surface area contributed by atoms with Crippen molar-refractivity contribution in [3.05, 3.63) is 34.3 Å². The van der Waals surface area contributed by atoms with Crippen molar-refractivity contribution in [3.8, 4) is 0 Å². The van der Waals surface area contributed by atoms with Gasteiger partial charge in [0.15, 0.2) is 0 Å². The zero-order valence-electron chi connectivity index (χ0n) is 12.5. The van der Waals surface area contributed by atoms with Gasteiger partial charge in [-0.15, -0.1) is 0 Å². The highest BCUT2D eigenvalue weighted by atomic mass is 79.9. The number of carbonyl (C=O) groups excluding carboxylic acids is 1. The second-order valence-corrected chi connectivity index (χ2v) is 8.43. The lowest BCUT2D eigenvalue weighted by atomic mass is 9.52. The Labute approximate surface area is 135 Å². The van der Waals surface area contributed by atoms with Gasteiger partial charge in [0, 0.05) is 22.6 Å². The number of benzene rings is 1. The van der Waals surface area contributed by atoms with E-state index in [0.717, 1.165) is 27.8 Å². The summed E-state index contributed by atoms with van der Waals surface area (Å²) in [5.41, 5.74) is 0.968. The maximum atomic E-state index is 12.9. The molecule has 4 aliphatic rings. The first-order valence-electron chi connectivity index (χ1n) is 8.09. The average molecular weight is 348 g/mol. The lowest BCUT2D eigenvalue weighted by Gasteiger charge is -2.59. The van der Waals surface area contributed by atoms with E-state index < -0.39 is 0 Å². The topological polar surface area (TPSA) is 20.3 Å². The van der Waals surface area contributed by atoms with Gasteiger partial charge in [-0.1, -0.05) is 15.9 Å². The highest BCUT2D eigenvalue weighted by Crippen LogP contribution is 2.57. The molecule has 0 atom stereocenters. The molecule has 4 aliphatic carbocycles. The molecule has 112 valence electrons. The second-order valence-electron chi connectivity index (χ2n) is 7.51. The normalized spacial score (nSPS) is 36.8. The summed E-state index contributed by atoms with van der Waals surface area (Å²) in [4.78, 5) is 15.0. The van der Waals surface area contributed by atoms with Crippen LogP contribution in [0.25, 0.3) is 0 Å². The highest BCUT2D eigenvalue weighted by molar-refractivity contribution is 9.10. The minimum absolute atomic E-state index is 0.152. The maximum Gasteiger partial charge on any atom is 0.254 e. The van der Waals surface area contributed by atoms with Crippen LogP contribution in [0.3, 0.4) is 0 Å². The highest BCUT2D eigenvalue weighted by Gasteiger charge is 2.53. The zero-order valence-corrected chi connectivity index (χ0v) is 14.1. The summed E-state index contributed by atoms with van der Waals surface area (Å²) in [5, 5.41) is 0. The Kier molecular flexibility index (Phi) is 3.18. The van der Waals surface area contributed by atoms with E-state index in [9.17, 15) is 4.79 Å². The molecule has 3 heteroatoms. The molecule has 1 aromatic rings. The molecule has 0 spiro atoms. The Bertz CT molecular complexity index is 530. The molecule has 5 rings (SSSR count). The molecular formula is C18H22BrNO. The lowest BCUT2D eigenvalue weighted by Crippen LogP contribution is -2.60. The van der Waals surface area contributed by atoms with Gasteiger partial charge in [0.2, 0.25) is 0 Å². The van der Waals surface area contributed by atoms with Gasteiger partial charge >= 0.3 is 0 Å². The third-order valence-corrected chi connectivity index (χ3v) is 6.64. The maximum absolute atomic E-state index is 12.9. The SMILES string of the molecule is CN(C(=O)c1ccc(Br)cc1)C12CC3CC(CC(C3)C1)C2. The van der Waals surface area contributed by atoms with Crippen LogP contribution in [-0.2, 0) is 0 Å².